The molecule has 0 N–H and O–H groups in total. The lowest BCUT2D eigenvalue weighted by atomic mass is 10.1. The highest BCUT2D eigenvalue weighted by Crippen LogP contribution is 2.30. The van der Waals surface area contributed by atoms with Gasteiger partial charge in [0.1, 0.15) is 4.90 Å². The van der Waals surface area contributed by atoms with Gasteiger partial charge in [0.2, 0.25) is 5.88 Å². The Hall–Kier alpha value is -2.54. The molecule has 5 nitrogen and oxygen atoms in total. The van der Waals surface area contributed by atoms with Gasteiger partial charge >= 0.3 is 10.1 Å². The topological polar surface area (TPSA) is 61.2 Å². The number of aryl methyl sites for hydroxylation is 1. The van der Waals surface area contributed by atoms with Gasteiger partial charge < -0.3 is 4.18 Å². The fourth-order valence-electron chi connectivity index (χ4n) is 3.22. The maximum atomic E-state index is 13.2. The SMILES string of the molecule is CCCc1cc(OS(=O)(=O)c2cccc3ccccc23)n(-c2ccc(Cl)c(Cl)c2)n1. The van der Waals surface area contributed by atoms with Crippen LogP contribution < -0.4 is 4.18 Å². The first-order valence-corrected chi connectivity index (χ1v) is 11.5. The molecule has 30 heavy (non-hydrogen) atoms. The van der Waals surface area contributed by atoms with E-state index in [1.807, 2.05) is 25.1 Å². The minimum Gasteiger partial charge on any atom is -0.358 e. The van der Waals surface area contributed by atoms with Gasteiger partial charge in [0.25, 0.3) is 0 Å². The number of rotatable bonds is 6. The summed E-state index contributed by atoms with van der Waals surface area (Å²) in [4.78, 5) is 0.0968. The monoisotopic (exact) mass is 460 g/mol. The average Bonchev–Trinajstić information content (AvgIpc) is 3.11. The van der Waals surface area contributed by atoms with Gasteiger partial charge in [-0.3, -0.25) is 0 Å². The van der Waals surface area contributed by atoms with E-state index in [0.29, 0.717) is 33.2 Å². The van der Waals surface area contributed by atoms with Crippen molar-refractivity contribution >= 4 is 44.1 Å². The van der Waals surface area contributed by atoms with E-state index in [1.165, 1.54) is 10.7 Å². The summed E-state index contributed by atoms with van der Waals surface area (Å²) in [7, 11) is -4.11. The van der Waals surface area contributed by atoms with Crippen LogP contribution in [0.3, 0.4) is 0 Å². The van der Waals surface area contributed by atoms with E-state index in [9.17, 15) is 8.42 Å². The van der Waals surface area contributed by atoms with Gasteiger partial charge in [0.15, 0.2) is 0 Å². The molecule has 0 aliphatic carbocycles. The average molecular weight is 461 g/mol. The van der Waals surface area contributed by atoms with Gasteiger partial charge in [-0.2, -0.15) is 18.2 Å². The van der Waals surface area contributed by atoms with Crippen LogP contribution in [0.4, 0.5) is 0 Å². The number of aromatic nitrogens is 2. The highest BCUT2D eigenvalue weighted by molar-refractivity contribution is 7.87. The number of halogens is 2. The summed E-state index contributed by atoms with van der Waals surface area (Å²) in [6, 6.07) is 18.9. The van der Waals surface area contributed by atoms with Crippen molar-refractivity contribution in [3.8, 4) is 11.6 Å². The van der Waals surface area contributed by atoms with Crippen molar-refractivity contribution < 1.29 is 12.6 Å². The highest BCUT2D eigenvalue weighted by Gasteiger charge is 2.23. The van der Waals surface area contributed by atoms with Gasteiger partial charge in [-0.15, -0.1) is 0 Å². The molecule has 0 saturated carbocycles. The zero-order valence-electron chi connectivity index (χ0n) is 16.0. The van der Waals surface area contributed by atoms with E-state index in [0.717, 1.165) is 11.8 Å². The van der Waals surface area contributed by atoms with Crippen LogP contribution in [0.25, 0.3) is 16.5 Å². The van der Waals surface area contributed by atoms with Crippen molar-refractivity contribution in [3.05, 3.63) is 82.5 Å². The molecule has 1 heterocycles. The van der Waals surface area contributed by atoms with Crippen molar-refractivity contribution in [3.63, 3.8) is 0 Å². The zero-order chi connectivity index (χ0) is 21.3. The van der Waals surface area contributed by atoms with E-state index in [-0.39, 0.29) is 10.8 Å². The van der Waals surface area contributed by atoms with Crippen molar-refractivity contribution in [2.45, 2.75) is 24.7 Å². The summed E-state index contributed by atoms with van der Waals surface area (Å²) in [5.74, 6) is 0.0878. The molecule has 0 unspecified atom stereocenters. The summed E-state index contributed by atoms with van der Waals surface area (Å²) >= 11 is 12.2. The molecule has 8 heteroatoms. The first-order valence-electron chi connectivity index (χ1n) is 9.35. The lowest BCUT2D eigenvalue weighted by Crippen LogP contribution is -2.13. The molecule has 4 aromatic rings. The van der Waals surface area contributed by atoms with Crippen molar-refractivity contribution in [2.24, 2.45) is 0 Å². The Bertz CT molecular complexity index is 1330. The van der Waals surface area contributed by atoms with E-state index in [2.05, 4.69) is 5.10 Å². The molecule has 0 saturated heterocycles. The Labute approximate surface area is 184 Å². The van der Waals surface area contributed by atoms with Crippen LogP contribution in [0.2, 0.25) is 10.0 Å². The van der Waals surface area contributed by atoms with Crippen LogP contribution in [-0.4, -0.2) is 18.2 Å². The predicted molar refractivity (Wildman–Crippen MR) is 119 cm³/mol. The second-order valence-corrected chi connectivity index (χ2v) is 9.08. The second kappa shape index (κ2) is 8.30. The molecule has 0 amide bonds. The molecule has 0 bridgehead atoms. The third-order valence-corrected chi connectivity index (χ3v) is 6.62. The molecule has 1 aromatic heterocycles. The summed E-state index contributed by atoms with van der Waals surface area (Å²) in [5, 5.41) is 6.64. The van der Waals surface area contributed by atoms with Crippen molar-refractivity contribution in [1.82, 2.24) is 9.78 Å². The summed E-state index contributed by atoms with van der Waals surface area (Å²) in [6.07, 6.45) is 1.53. The van der Waals surface area contributed by atoms with Crippen LogP contribution in [0.1, 0.15) is 19.0 Å². The van der Waals surface area contributed by atoms with E-state index >= 15 is 0 Å². The normalized spacial score (nSPS) is 11.7. The molecule has 0 aliphatic heterocycles. The summed E-state index contributed by atoms with van der Waals surface area (Å²) in [6.45, 7) is 2.02. The molecule has 4 rings (SSSR count). The molecule has 3 aromatic carbocycles. The highest BCUT2D eigenvalue weighted by atomic mass is 35.5. The maximum Gasteiger partial charge on any atom is 0.341 e. The van der Waals surface area contributed by atoms with Crippen LogP contribution in [-0.2, 0) is 16.5 Å². The van der Waals surface area contributed by atoms with Crippen molar-refractivity contribution in [2.75, 3.05) is 0 Å². The van der Waals surface area contributed by atoms with Crippen molar-refractivity contribution in [1.29, 1.82) is 0 Å². The number of hydrogen-bond acceptors (Lipinski definition) is 4. The number of benzene rings is 3. The minimum absolute atomic E-state index is 0.0878. The Morgan fingerprint density at radius 3 is 2.50 bits per heavy atom. The Balaban J connectivity index is 1.80. The summed E-state index contributed by atoms with van der Waals surface area (Å²) < 4.78 is 33.4. The van der Waals surface area contributed by atoms with Gasteiger partial charge in [0, 0.05) is 11.5 Å². The van der Waals surface area contributed by atoms with Gasteiger partial charge in [-0.05, 0) is 36.1 Å². The number of nitrogens with zero attached hydrogens (tertiary/aromatic N) is 2. The molecule has 154 valence electrons. The minimum atomic E-state index is -4.11. The Kier molecular flexibility index (Phi) is 5.73. The van der Waals surface area contributed by atoms with E-state index in [1.54, 1.807) is 42.5 Å². The molecular formula is C22H18Cl2N2O3S. The maximum absolute atomic E-state index is 13.2. The van der Waals surface area contributed by atoms with Gasteiger partial charge in [-0.1, -0.05) is 72.9 Å². The van der Waals surface area contributed by atoms with Crippen LogP contribution in [0, 0.1) is 0 Å². The van der Waals surface area contributed by atoms with Crippen LogP contribution >= 0.6 is 23.2 Å². The molecule has 0 aliphatic rings. The molecule has 0 atom stereocenters. The lowest BCUT2D eigenvalue weighted by Gasteiger charge is -2.11. The van der Waals surface area contributed by atoms with Gasteiger partial charge in [-0.25, -0.2) is 0 Å². The third-order valence-electron chi connectivity index (χ3n) is 4.60. The second-order valence-electron chi connectivity index (χ2n) is 6.75. The number of hydrogen-bond donors (Lipinski definition) is 0. The lowest BCUT2D eigenvalue weighted by molar-refractivity contribution is 0.466. The largest absolute Gasteiger partial charge is 0.358 e. The van der Waals surface area contributed by atoms with E-state index in [4.69, 9.17) is 27.4 Å². The first kappa shape index (κ1) is 20.7. The predicted octanol–water partition coefficient (Wildman–Crippen LogP) is 6.05. The third kappa shape index (κ3) is 4.03. The Morgan fingerprint density at radius 1 is 0.967 bits per heavy atom. The van der Waals surface area contributed by atoms with Crippen LogP contribution in [0.15, 0.2) is 71.6 Å². The first-order chi connectivity index (χ1) is 14.4. The fourth-order valence-corrected chi connectivity index (χ4v) is 4.65. The molecule has 0 radical (unpaired) electrons. The zero-order valence-corrected chi connectivity index (χ0v) is 18.4. The Morgan fingerprint density at radius 2 is 1.73 bits per heavy atom. The quantitative estimate of drug-likeness (QED) is 0.328. The number of fused-ring (bicyclic) bond motifs is 1. The summed E-state index contributed by atoms with van der Waals surface area (Å²) in [5.41, 5.74) is 1.27. The fraction of sp³-hybridized carbons (Fsp3) is 0.136. The molecular weight excluding hydrogens is 443 g/mol. The molecule has 0 spiro atoms. The van der Waals surface area contributed by atoms with E-state index < -0.39 is 10.1 Å². The van der Waals surface area contributed by atoms with Crippen LogP contribution in [0.5, 0.6) is 5.88 Å². The molecule has 0 fully saturated rings. The van der Waals surface area contributed by atoms with Gasteiger partial charge in [0.05, 0.1) is 21.4 Å². The standard InChI is InChI=1S/C22H18Cl2N2O3S/c1-2-6-16-13-22(26(25-16)17-11-12-19(23)20(24)14-17)29-30(27,28)21-10-5-8-15-7-3-4-9-18(15)21/h3-5,7-14H,2,6H2,1H3. The smallest absolute Gasteiger partial charge is 0.341 e.